The van der Waals surface area contributed by atoms with Crippen molar-refractivity contribution in [3.8, 4) is 0 Å². The summed E-state index contributed by atoms with van der Waals surface area (Å²) in [6.45, 7) is 0.331. The molecule has 2 rings (SSSR count). The topological polar surface area (TPSA) is 80.9 Å². The molecular formula is C12H12F2N4O2. The summed E-state index contributed by atoms with van der Waals surface area (Å²) >= 11 is 0. The van der Waals surface area contributed by atoms with Crippen LogP contribution in [0.3, 0.4) is 0 Å². The second-order valence-electron chi connectivity index (χ2n) is 4.23. The average Bonchev–Trinajstić information content (AvgIpc) is 2.80. The monoisotopic (exact) mass is 282 g/mol. The second kappa shape index (κ2) is 6.18. The minimum absolute atomic E-state index is 0.00418. The lowest BCUT2D eigenvalue weighted by atomic mass is 10.1. The van der Waals surface area contributed by atoms with Gasteiger partial charge in [-0.2, -0.15) is 0 Å². The number of carbonyl (C=O) groups is 1. The predicted octanol–water partition coefficient (Wildman–Crippen LogP) is 1.41. The van der Waals surface area contributed by atoms with Gasteiger partial charge in [0.2, 0.25) is 0 Å². The molecule has 0 radical (unpaired) electrons. The minimum Gasteiger partial charge on any atom is -0.481 e. The molecule has 0 atom stereocenters. The normalized spacial score (nSPS) is 10.7. The van der Waals surface area contributed by atoms with E-state index in [1.807, 2.05) is 0 Å². The van der Waals surface area contributed by atoms with Crippen LogP contribution in [-0.2, 0) is 17.8 Å². The zero-order valence-electron chi connectivity index (χ0n) is 10.5. The highest BCUT2D eigenvalue weighted by atomic mass is 19.1. The van der Waals surface area contributed by atoms with E-state index in [-0.39, 0.29) is 18.4 Å². The highest BCUT2D eigenvalue weighted by Gasteiger charge is 2.11. The molecule has 0 spiro atoms. The Balaban J connectivity index is 2.06. The SMILES string of the molecule is O=C(O)CCCn1nnnc1Cc1ccc(F)cc1F. The smallest absolute Gasteiger partial charge is 0.303 e. The van der Waals surface area contributed by atoms with Gasteiger partial charge in [-0.05, 0) is 28.5 Å². The fourth-order valence-electron chi connectivity index (χ4n) is 1.74. The third kappa shape index (κ3) is 3.56. The number of halogens is 2. The number of rotatable bonds is 6. The van der Waals surface area contributed by atoms with Crippen molar-refractivity contribution in [1.29, 1.82) is 0 Å². The molecule has 6 nitrogen and oxygen atoms in total. The van der Waals surface area contributed by atoms with Crippen molar-refractivity contribution in [3.05, 3.63) is 41.2 Å². The summed E-state index contributed by atoms with van der Waals surface area (Å²) in [5.41, 5.74) is 0.278. The summed E-state index contributed by atoms with van der Waals surface area (Å²) in [4.78, 5) is 10.4. The molecule has 1 aromatic carbocycles. The molecule has 20 heavy (non-hydrogen) atoms. The number of aryl methyl sites for hydroxylation is 1. The molecule has 1 aromatic heterocycles. The Morgan fingerprint density at radius 3 is 2.85 bits per heavy atom. The Kier molecular flexibility index (Phi) is 4.34. The molecule has 0 saturated carbocycles. The quantitative estimate of drug-likeness (QED) is 0.866. The van der Waals surface area contributed by atoms with Crippen LogP contribution in [0.15, 0.2) is 18.2 Å². The first-order valence-corrected chi connectivity index (χ1v) is 5.97. The summed E-state index contributed by atoms with van der Waals surface area (Å²) in [7, 11) is 0. The lowest BCUT2D eigenvalue weighted by molar-refractivity contribution is -0.137. The van der Waals surface area contributed by atoms with E-state index in [2.05, 4.69) is 15.5 Å². The van der Waals surface area contributed by atoms with Crippen molar-refractivity contribution >= 4 is 5.97 Å². The van der Waals surface area contributed by atoms with Crippen LogP contribution in [0.25, 0.3) is 0 Å². The molecule has 2 aromatic rings. The molecule has 0 bridgehead atoms. The Hall–Kier alpha value is -2.38. The molecule has 0 unspecified atom stereocenters. The van der Waals surface area contributed by atoms with Crippen molar-refractivity contribution in [1.82, 2.24) is 20.2 Å². The largest absolute Gasteiger partial charge is 0.481 e. The number of tetrazole rings is 1. The molecule has 0 saturated heterocycles. The fraction of sp³-hybridized carbons (Fsp3) is 0.333. The second-order valence-corrected chi connectivity index (χ2v) is 4.23. The number of carboxylic acid groups (broad SMARTS) is 1. The van der Waals surface area contributed by atoms with Gasteiger partial charge in [-0.1, -0.05) is 6.07 Å². The van der Waals surface area contributed by atoms with Crippen molar-refractivity contribution in [3.63, 3.8) is 0 Å². The van der Waals surface area contributed by atoms with Crippen molar-refractivity contribution in [2.24, 2.45) is 0 Å². The molecule has 0 fully saturated rings. The Labute approximate surface area is 113 Å². The van der Waals surface area contributed by atoms with Gasteiger partial charge in [0, 0.05) is 25.5 Å². The summed E-state index contributed by atoms with van der Waals surface area (Å²) in [6, 6.07) is 3.30. The highest BCUT2D eigenvalue weighted by molar-refractivity contribution is 5.66. The summed E-state index contributed by atoms with van der Waals surface area (Å²) in [5.74, 6) is -1.80. The Morgan fingerprint density at radius 1 is 1.35 bits per heavy atom. The molecule has 0 amide bonds. The molecule has 1 heterocycles. The maximum Gasteiger partial charge on any atom is 0.303 e. The molecule has 0 aliphatic carbocycles. The lowest BCUT2D eigenvalue weighted by Crippen LogP contribution is -2.09. The number of nitrogens with zero attached hydrogens (tertiary/aromatic N) is 4. The van der Waals surface area contributed by atoms with Gasteiger partial charge >= 0.3 is 5.97 Å². The van der Waals surface area contributed by atoms with Gasteiger partial charge in [-0.3, -0.25) is 4.79 Å². The maximum absolute atomic E-state index is 13.5. The molecular weight excluding hydrogens is 270 g/mol. The van der Waals surface area contributed by atoms with E-state index in [0.717, 1.165) is 12.1 Å². The third-order valence-electron chi connectivity index (χ3n) is 2.73. The zero-order valence-corrected chi connectivity index (χ0v) is 10.5. The molecule has 0 aliphatic rings. The van der Waals surface area contributed by atoms with Crippen LogP contribution in [0.2, 0.25) is 0 Å². The van der Waals surface area contributed by atoms with Crippen LogP contribution >= 0.6 is 0 Å². The van der Waals surface area contributed by atoms with Gasteiger partial charge in [-0.15, -0.1) is 5.10 Å². The van der Waals surface area contributed by atoms with Gasteiger partial charge in [-0.25, -0.2) is 13.5 Å². The van der Waals surface area contributed by atoms with Gasteiger partial charge in [0.05, 0.1) is 0 Å². The predicted molar refractivity (Wildman–Crippen MR) is 63.9 cm³/mol. The van der Waals surface area contributed by atoms with Crippen LogP contribution in [0.4, 0.5) is 8.78 Å². The zero-order chi connectivity index (χ0) is 14.5. The number of benzene rings is 1. The fourth-order valence-corrected chi connectivity index (χ4v) is 1.74. The number of carboxylic acids is 1. The van der Waals surface area contributed by atoms with Crippen LogP contribution < -0.4 is 0 Å². The first kappa shape index (κ1) is 14.0. The van der Waals surface area contributed by atoms with E-state index in [0.29, 0.717) is 18.8 Å². The first-order valence-electron chi connectivity index (χ1n) is 5.97. The number of hydrogen-bond donors (Lipinski definition) is 1. The van der Waals surface area contributed by atoms with Crippen LogP contribution in [-0.4, -0.2) is 31.3 Å². The maximum atomic E-state index is 13.5. The van der Waals surface area contributed by atoms with Gasteiger partial charge in [0.25, 0.3) is 0 Å². The van der Waals surface area contributed by atoms with Gasteiger partial charge in [0.1, 0.15) is 11.6 Å². The van der Waals surface area contributed by atoms with E-state index in [1.54, 1.807) is 0 Å². The third-order valence-corrected chi connectivity index (χ3v) is 2.73. The van der Waals surface area contributed by atoms with E-state index >= 15 is 0 Å². The standard InChI is InChI=1S/C12H12F2N4O2/c13-9-4-3-8(10(14)7-9)6-11-15-16-17-18(11)5-1-2-12(19)20/h3-4,7H,1-2,5-6H2,(H,19,20). The molecule has 8 heteroatoms. The molecule has 106 valence electrons. The number of hydrogen-bond acceptors (Lipinski definition) is 4. The Morgan fingerprint density at radius 2 is 2.15 bits per heavy atom. The summed E-state index contributed by atoms with van der Waals surface area (Å²) in [5, 5.41) is 19.5. The van der Waals surface area contributed by atoms with Crippen LogP contribution in [0.5, 0.6) is 0 Å². The van der Waals surface area contributed by atoms with Gasteiger partial charge in [0.15, 0.2) is 5.82 Å². The minimum atomic E-state index is -0.899. The van der Waals surface area contributed by atoms with E-state index in [9.17, 15) is 13.6 Å². The average molecular weight is 282 g/mol. The van der Waals surface area contributed by atoms with Crippen LogP contribution in [0, 0.1) is 11.6 Å². The van der Waals surface area contributed by atoms with Crippen molar-refractivity contribution < 1.29 is 18.7 Å². The summed E-state index contributed by atoms with van der Waals surface area (Å²) < 4.78 is 27.8. The Bertz CT molecular complexity index is 615. The van der Waals surface area contributed by atoms with E-state index < -0.39 is 17.6 Å². The van der Waals surface area contributed by atoms with Crippen LogP contribution in [0.1, 0.15) is 24.2 Å². The van der Waals surface area contributed by atoms with E-state index in [4.69, 9.17) is 5.11 Å². The number of aliphatic carboxylic acids is 1. The lowest BCUT2D eigenvalue weighted by Gasteiger charge is -2.05. The molecule has 0 aliphatic heterocycles. The first-order chi connectivity index (χ1) is 9.56. The molecule has 1 N–H and O–H groups in total. The van der Waals surface area contributed by atoms with E-state index in [1.165, 1.54) is 10.7 Å². The highest BCUT2D eigenvalue weighted by Crippen LogP contribution is 2.13. The van der Waals surface area contributed by atoms with Gasteiger partial charge < -0.3 is 5.11 Å². The number of aromatic nitrogens is 4. The van der Waals surface area contributed by atoms with Crippen molar-refractivity contribution in [2.45, 2.75) is 25.8 Å². The summed E-state index contributed by atoms with van der Waals surface area (Å²) in [6.07, 6.45) is 0.496. The van der Waals surface area contributed by atoms with Crippen molar-refractivity contribution in [2.75, 3.05) is 0 Å².